The molecule has 0 spiro atoms. The molecule has 41 heavy (non-hydrogen) atoms. The monoisotopic (exact) mass is 636 g/mol. The van der Waals surface area contributed by atoms with Crippen LogP contribution in [0.3, 0.4) is 0 Å². The predicted octanol–water partition coefficient (Wildman–Crippen LogP) is -2.80. The number of rotatable bonds is 9. The van der Waals surface area contributed by atoms with Crippen LogP contribution in [0.4, 0.5) is 0 Å². The maximum Gasteiger partial charge on any atom is 1.00 e. The molecule has 4 aliphatic rings. The van der Waals surface area contributed by atoms with Gasteiger partial charge in [0.25, 0.3) is 0 Å². The Morgan fingerprint density at radius 1 is 1.07 bits per heavy atom. The molecule has 0 aliphatic heterocycles. The molecule has 0 aromatic carbocycles. The molecule has 0 aromatic heterocycles. The molecule has 2 N–H and O–H groups in total. The molecule has 224 valence electrons. The Morgan fingerprint density at radius 2 is 1.73 bits per heavy atom. The van der Waals surface area contributed by atoms with Crippen molar-refractivity contribution in [3.63, 3.8) is 0 Å². The van der Waals surface area contributed by atoms with Gasteiger partial charge < -0.3 is 19.3 Å². The number of allylic oxidation sites excluding steroid dienone is 3. The Kier molecular flexibility index (Phi) is 13.3. The van der Waals surface area contributed by atoms with Crippen LogP contribution in [0, 0.1) is 40.4 Å². The first-order valence-electron chi connectivity index (χ1n) is 13.9. The third-order valence-corrected chi connectivity index (χ3v) is 11.5. The Bertz CT molecular complexity index is 1200. The van der Waals surface area contributed by atoms with Crippen molar-refractivity contribution in [2.24, 2.45) is 40.4 Å². The predicted molar refractivity (Wildman–Crippen MR) is 140 cm³/mol. The van der Waals surface area contributed by atoms with Crippen molar-refractivity contribution in [3.8, 4) is 0 Å². The van der Waals surface area contributed by atoms with Crippen LogP contribution in [0.25, 0.3) is 0 Å². The van der Waals surface area contributed by atoms with Crippen molar-refractivity contribution in [1.29, 1.82) is 0 Å². The van der Waals surface area contributed by atoms with Gasteiger partial charge in [-0.15, -0.1) is 0 Å². The second kappa shape index (κ2) is 14.3. The average Bonchev–Trinajstić information content (AvgIpc) is 3.15. The van der Waals surface area contributed by atoms with Crippen molar-refractivity contribution < 1.29 is 104 Å². The molecular weight excluding hydrogens is 594 g/mol. The van der Waals surface area contributed by atoms with E-state index in [2.05, 4.69) is 13.0 Å². The molecule has 0 radical (unpaired) electrons. The van der Waals surface area contributed by atoms with Crippen molar-refractivity contribution in [2.75, 3.05) is 6.61 Å². The summed E-state index contributed by atoms with van der Waals surface area (Å²) in [5.74, 6) is 0.718. The zero-order valence-corrected chi connectivity index (χ0v) is 30.7. The van der Waals surface area contributed by atoms with Crippen LogP contribution >= 0.6 is 0 Å². The van der Waals surface area contributed by atoms with E-state index in [9.17, 15) is 36.2 Å². The number of aliphatic hydroxyl groups is 2. The van der Waals surface area contributed by atoms with E-state index in [-0.39, 0.29) is 101 Å². The van der Waals surface area contributed by atoms with Gasteiger partial charge in [-0.25, -0.2) is 16.8 Å². The van der Waals surface area contributed by atoms with E-state index in [1.54, 1.807) is 0 Å². The van der Waals surface area contributed by atoms with Gasteiger partial charge in [-0.3, -0.25) is 8.37 Å². The van der Waals surface area contributed by atoms with Crippen LogP contribution in [0.2, 0.25) is 0 Å². The average molecular weight is 637 g/mol. The molecule has 0 heterocycles. The smallest absolute Gasteiger partial charge is 0.726 e. The summed E-state index contributed by atoms with van der Waals surface area (Å²) >= 11 is 0. The van der Waals surface area contributed by atoms with Gasteiger partial charge in [0.15, 0.2) is 0 Å². The van der Waals surface area contributed by atoms with Gasteiger partial charge in [0.1, 0.15) is 18.3 Å². The summed E-state index contributed by atoms with van der Waals surface area (Å²) in [6, 6.07) is 0. The SMILES string of the molecule is CC(C)=CCCC(COS(=O)(=O)[O-])C1CCC2C3CC=C4[C@@H](O)[C@H](O)[C@@H](OS(=O)(=O)[O-])CC4(C)C3CCC12C.[Na+].[Na+]. The summed E-state index contributed by atoms with van der Waals surface area (Å²) in [4.78, 5) is 0. The molecule has 0 bridgehead atoms. The first kappa shape index (κ1) is 38.3. The van der Waals surface area contributed by atoms with Crippen LogP contribution in [0.5, 0.6) is 0 Å². The molecule has 4 aliphatic carbocycles. The van der Waals surface area contributed by atoms with Gasteiger partial charge in [0, 0.05) is 0 Å². The van der Waals surface area contributed by atoms with E-state index in [4.69, 9.17) is 8.37 Å². The molecule has 10 atom stereocenters. The Balaban J connectivity index is 0.00000294. The van der Waals surface area contributed by atoms with Gasteiger partial charge in [0.2, 0.25) is 20.8 Å². The fraction of sp³-hybridized carbons (Fsp3) is 0.852. The van der Waals surface area contributed by atoms with Crippen molar-refractivity contribution in [1.82, 2.24) is 0 Å². The molecular formula is C27H42Na2O10S2. The summed E-state index contributed by atoms with van der Waals surface area (Å²) in [6.07, 6.45) is 5.74. The van der Waals surface area contributed by atoms with E-state index in [0.717, 1.165) is 38.5 Å². The van der Waals surface area contributed by atoms with Crippen LogP contribution in [0.15, 0.2) is 23.3 Å². The van der Waals surface area contributed by atoms with Crippen molar-refractivity contribution >= 4 is 20.8 Å². The maximum atomic E-state index is 11.4. The van der Waals surface area contributed by atoms with E-state index in [1.807, 2.05) is 26.8 Å². The van der Waals surface area contributed by atoms with Crippen LogP contribution < -0.4 is 59.1 Å². The van der Waals surface area contributed by atoms with Gasteiger partial charge in [0.05, 0.1) is 6.61 Å². The third kappa shape index (κ3) is 8.30. The normalized spacial score (nSPS) is 39.1. The molecule has 0 amide bonds. The summed E-state index contributed by atoms with van der Waals surface area (Å²) in [7, 11) is -9.87. The molecule has 0 aromatic rings. The third-order valence-electron chi connectivity index (χ3n) is 10.6. The second-order valence-electron chi connectivity index (χ2n) is 12.9. The Labute approximate surface area is 289 Å². The molecule has 10 nitrogen and oxygen atoms in total. The van der Waals surface area contributed by atoms with E-state index in [0.29, 0.717) is 17.9 Å². The van der Waals surface area contributed by atoms with E-state index >= 15 is 0 Å². The number of hydrogen-bond acceptors (Lipinski definition) is 10. The van der Waals surface area contributed by atoms with Gasteiger partial charge in [-0.05, 0) is 111 Å². The minimum Gasteiger partial charge on any atom is -0.726 e. The van der Waals surface area contributed by atoms with Crippen LogP contribution in [0.1, 0.15) is 79.1 Å². The van der Waals surface area contributed by atoms with Crippen LogP contribution in [-0.2, 0) is 29.2 Å². The topological polar surface area (TPSA) is 173 Å². The van der Waals surface area contributed by atoms with Gasteiger partial charge in [-0.1, -0.05) is 31.6 Å². The summed E-state index contributed by atoms with van der Waals surface area (Å²) < 4.78 is 77.5. The minimum absolute atomic E-state index is 0. The molecule has 3 saturated carbocycles. The fourth-order valence-electron chi connectivity index (χ4n) is 8.99. The van der Waals surface area contributed by atoms with Crippen molar-refractivity contribution in [2.45, 2.75) is 97.4 Å². The molecule has 0 saturated heterocycles. The second-order valence-corrected chi connectivity index (χ2v) is 15.0. The van der Waals surface area contributed by atoms with E-state index in [1.165, 1.54) is 5.57 Å². The van der Waals surface area contributed by atoms with Crippen molar-refractivity contribution in [3.05, 3.63) is 23.3 Å². The summed E-state index contributed by atoms with van der Waals surface area (Å²) in [5, 5.41) is 21.5. The van der Waals surface area contributed by atoms with Crippen LogP contribution in [-0.4, -0.2) is 61.1 Å². The van der Waals surface area contributed by atoms with Gasteiger partial charge >= 0.3 is 59.1 Å². The molecule has 3 fully saturated rings. The zero-order chi connectivity index (χ0) is 29.0. The quantitative estimate of drug-likeness (QED) is 0.117. The Hall–Kier alpha value is 1.14. The molecule has 4 rings (SSSR count). The number of fused-ring (bicyclic) bond motifs is 5. The molecule has 14 heteroatoms. The largest absolute Gasteiger partial charge is 1.00 e. The number of aliphatic hydroxyl groups excluding tert-OH is 2. The number of hydrogen-bond donors (Lipinski definition) is 2. The Morgan fingerprint density at radius 3 is 2.32 bits per heavy atom. The molecule has 7 unspecified atom stereocenters. The summed E-state index contributed by atoms with van der Waals surface area (Å²) in [6.45, 7) is 8.13. The summed E-state index contributed by atoms with van der Waals surface area (Å²) in [5.41, 5.74) is 1.12. The maximum absolute atomic E-state index is 11.4. The fourth-order valence-corrected chi connectivity index (χ4v) is 9.81. The zero-order valence-electron chi connectivity index (χ0n) is 25.1. The first-order chi connectivity index (χ1) is 18.0. The minimum atomic E-state index is -5.07. The standard InChI is InChI=1S/C27H44O10S2.2Na/c1-16(2)6-5-7-17(15-36-38(30,31)32)19-10-11-20-18-8-9-22-24(28)25(29)23(37-39(33,34)35)14-27(22,4)21(18)12-13-26(19,20)3;;/h6,9,17-21,23-25,28-29H,5,7-8,10-15H2,1-4H3,(H,30,31,32)(H,33,34,35);;/q;2*+1/p-2/t17?,18?,19?,20?,21?,23-,24+,25+,26?,27?;;/m0../s1. The first-order valence-corrected chi connectivity index (χ1v) is 16.6. The van der Waals surface area contributed by atoms with Gasteiger partial charge in [-0.2, -0.15) is 0 Å². The van der Waals surface area contributed by atoms with E-state index < -0.39 is 44.5 Å².